The Balaban J connectivity index is 2.29. The zero-order valence-electron chi connectivity index (χ0n) is 13.8. The number of anilines is 1. The van der Waals surface area contributed by atoms with Gasteiger partial charge in [0.25, 0.3) is 0 Å². The Hall–Kier alpha value is -1.84. The first-order valence-electron chi connectivity index (χ1n) is 7.35. The summed E-state index contributed by atoms with van der Waals surface area (Å²) >= 11 is 0. The molecule has 4 nitrogen and oxygen atoms in total. The van der Waals surface area contributed by atoms with Gasteiger partial charge in [-0.1, -0.05) is 32.9 Å². The van der Waals surface area contributed by atoms with Crippen molar-refractivity contribution in [1.82, 2.24) is 5.01 Å². The van der Waals surface area contributed by atoms with Gasteiger partial charge in [0.1, 0.15) is 0 Å². The quantitative estimate of drug-likeness (QED) is 0.835. The van der Waals surface area contributed by atoms with E-state index in [1.807, 2.05) is 14.1 Å². The van der Waals surface area contributed by atoms with Gasteiger partial charge in [-0.05, 0) is 17.7 Å². The molecule has 21 heavy (non-hydrogen) atoms. The van der Waals surface area contributed by atoms with Crippen molar-refractivity contribution < 1.29 is 4.79 Å². The molecule has 1 aromatic rings. The van der Waals surface area contributed by atoms with Crippen LogP contribution >= 0.6 is 0 Å². The van der Waals surface area contributed by atoms with E-state index in [-0.39, 0.29) is 17.4 Å². The van der Waals surface area contributed by atoms with E-state index in [1.165, 1.54) is 0 Å². The van der Waals surface area contributed by atoms with Crippen LogP contribution in [-0.4, -0.2) is 30.7 Å². The Morgan fingerprint density at radius 3 is 2.24 bits per heavy atom. The molecule has 1 heterocycles. The summed E-state index contributed by atoms with van der Waals surface area (Å²) in [4.78, 5) is 14.0. The molecular formula is C17H25N3O. The van der Waals surface area contributed by atoms with Crippen molar-refractivity contribution in [2.45, 2.75) is 40.2 Å². The zero-order chi connectivity index (χ0) is 15.8. The Morgan fingerprint density at radius 1 is 1.24 bits per heavy atom. The maximum Gasteiger partial charge on any atom is 0.240 e. The molecule has 114 valence electrons. The third-order valence-corrected chi connectivity index (χ3v) is 3.89. The topological polar surface area (TPSA) is 35.9 Å². The molecule has 0 fully saturated rings. The Bertz CT molecular complexity index is 552. The first kappa shape index (κ1) is 15.5. The van der Waals surface area contributed by atoms with Crippen molar-refractivity contribution >= 4 is 17.3 Å². The summed E-state index contributed by atoms with van der Waals surface area (Å²) in [6, 6.07) is 8.38. The molecule has 1 aliphatic heterocycles. The number of hydrogen-bond acceptors (Lipinski definition) is 3. The number of benzene rings is 1. The summed E-state index contributed by atoms with van der Waals surface area (Å²) in [5.41, 5.74) is 3.37. The number of nitrogens with zero attached hydrogens (tertiary/aromatic N) is 3. The number of rotatable bonds is 2. The third-order valence-electron chi connectivity index (χ3n) is 3.89. The zero-order valence-corrected chi connectivity index (χ0v) is 13.8. The lowest BCUT2D eigenvalue weighted by atomic mass is 9.86. The van der Waals surface area contributed by atoms with Gasteiger partial charge in [-0.15, -0.1) is 0 Å². The second-order valence-electron chi connectivity index (χ2n) is 6.87. The van der Waals surface area contributed by atoms with Gasteiger partial charge in [0.2, 0.25) is 5.91 Å². The molecule has 0 bridgehead atoms. The van der Waals surface area contributed by atoms with Crippen molar-refractivity contribution in [2.75, 3.05) is 19.0 Å². The van der Waals surface area contributed by atoms with Crippen LogP contribution < -0.4 is 4.90 Å². The van der Waals surface area contributed by atoms with Crippen LogP contribution in [0.5, 0.6) is 0 Å². The maximum atomic E-state index is 11.9. The average Bonchev–Trinajstić information content (AvgIpc) is 2.83. The highest BCUT2D eigenvalue weighted by atomic mass is 16.2. The number of amides is 1. The highest BCUT2D eigenvalue weighted by Crippen LogP contribution is 2.36. The lowest BCUT2D eigenvalue weighted by Gasteiger charge is -2.22. The molecule has 1 atom stereocenters. The van der Waals surface area contributed by atoms with E-state index in [0.717, 1.165) is 23.4 Å². The average molecular weight is 287 g/mol. The Kier molecular flexibility index (Phi) is 4.08. The van der Waals surface area contributed by atoms with Crippen molar-refractivity contribution in [3.63, 3.8) is 0 Å². The van der Waals surface area contributed by atoms with Crippen LogP contribution in [-0.2, 0) is 4.79 Å². The van der Waals surface area contributed by atoms with Crippen molar-refractivity contribution in [3.8, 4) is 0 Å². The highest BCUT2D eigenvalue weighted by molar-refractivity contribution is 5.93. The van der Waals surface area contributed by atoms with E-state index < -0.39 is 0 Å². The van der Waals surface area contributed by atoms with Crippen molar-refractivity contribution in [1.29, 1.82) is 0 Å². The standard InChI is InChI=1S/C17H25N3O/c1-12(21)20-15(11-16(18-20)17(2,3)4)13-7-9-14(10-8-13)19(5)6/h7-10,15H,11H2,1-6H3/t15-/m0/s1. The minimum Gasteiger partial charge on any atom is -0.378 e. The van der Waals surface area contributed by atoms with E-state index in [2.05, 4.69) is 55.0 Å². The molecule has 0 radical (unpaired) electrons. The maximum absolute atomic E-state index is 11.9. The van der Waals surface area contributed by atoms with Crippen molar-refractivity contribution in [2.24, 2.45) is 10.5 Å². The molecule has 0 aromatic heterocycles. The highest BCUT2D eigenvalue weighted by Gasteiger charge is 2.35. The van der Waals surface area contributed by atoms with Gasteiger partial charge in [-0.3, -0.25) is 4.79 Å². The second-order valence-corrected chi connectivity index (χ2v) is 6.87. The van der Waals surface area contributed by atoms with Crippen LogP contribution in [0, 0.1) is 5.41 Å². The van der Waals surface area contributed by atoms with Gasteiger partial charge in [0.15, 0.2) is 0 Å². The molecule has 1 amide bonds. The van der Waals surface area contributed by atoms with E-state index >= 15 is 0 Å². The normalized spacial score (nSPS) is 18.7. The Labute approximate surface area is 127 Å². The molecular weight excluding hydrogens is 262 g/mol. The van der Waals surface area contributed by atoms with Gasteiger partial charge in [0, 0.05) is 44.3 Å². The molecule has 0 aliphatic carbocycles. The summed E-state index contributed by atoms with van der Waals surface area (Å²) in [5.74, 6) is -0.00376. The molecule has 0 saturated carbocycles. The van der Waals surface area contributed by atoms with Crippen LogP contribution in [0.2, 0.25) is 0 Å². The van der Waals surface area contributed by atoms with E-state index in [9.17, 15) is 4.79 Å². The van der Waals surface area contributed by atoms with Crippen LogP contribution in [0.15, 0.2) is 29.4 Å². The fourth-order valence-corrected chi connectivity index (χ4v) is 2.51. The van der Waals surface area contributed by atoms with Crippen LogP contribution in [0.1, 0.15) is 45.7 Å². The minimum absolute atomic E-state index is 0.00376. The SMILES string of the molecule is CC(=O)N1N=C(C(C)(C)C)C[C@H]1c1ccc(N(C)C)cc1. The molecule has 0 saturated heterocycles. The molecule has 1 aliphatic rings. The summed E-state index contributed by atoms with van der Waals surface area (Å²) in [5, 5.41) is 6.19. The number of hydrazone groups is 1. The fraction of sp³-hybridized carbons (Fsp3) is 0.529. The lowest BCUT2D eigenvalue weighted by molar-refractivity contribution is -0.130. The predicted octanol–water partition coefficient (Wildman–Crippen LogP) is 3.45. The first-order valence-corrected chi connectivity index (χ1v) is 7.35. The van der Waals surface area contributed by atoms with Crippen LogP contribution in [0.3, 0.4) is 0 Å². The van der Waals surface area contributed by atoms with Crippen LogP contribution in [0.25, 0.3) is 0 Å². The minimum atomic E-state index is -0.00791. The molecule has 0 spiro atoms. The first-order chi connectivity index (χ1) is 9.70. The summed E-state index contributed by atoms with van der Waals surface area (Å²) in [6.07, 6.45) is 0.810. The third kappa shape index (κ3) is 3.26. The smallest absolute Gasteiger partial charge is 0.240 e. The van der Waals surface area contributed by atoms with Crippen molar-refractivity contribution in [3.05, 3.63) is 29.8 Å². The van der Waals surface area contributed by atoms with Gasteiger partial charge in [-0.25, -0.2) is 5.01 Å². The monoisotopic (exact) mass is 287 g/mol. The summed E-state index contributed by atoms with van der Waals surface area (Å²) in [7, 11) is 4.04. The summed E-state index contributed by atoms with van der Waals surface area (Å²) in [6.45, 7) is 8.00. The van der Waals surface area contributed by atoms with Gasteiger partial charge < -0.3 is 4.90 Å². The largest absolute Gasteiger partial charge is 0.378 e. The molecule has 2 rings (SSSR count). The summed E-state index contributed by atoms with van der Waals surface area (Å²) < 4.78 is 0. The molecule has 0 N–H and O–H groups in total. The van der Waals surface area contributed by atoms with Gasteiger partial charge in [-0.2, -0.15) is 5.10 Å². The lowest BCUT2D eigenvalue weighted by Crippen LogP contribution is -2.24. The second kappa shape index (κ2) is 5.51. The van der Waals surface area contributed by atoms with E-state index in [0.29, 0.717) is 0 Å². The van der Waals surface area contributed by atoms with Gasteiger partial charge in [0.05, 0.1) is 6.04 Å². The molecule has 1 aromatic carbocycles. The van der Waals surface area contributed by atoms with E-state index in [4.69, 9.17) is 0 Å². The molecule has 0 unspecified atom stereocenters. The molecule has 4 heteroatoms. The van der Waals surface area contributed by atoms with E-state index in [1.54, 1.807) is 11.9 Å². The number of hydrogen-bond donors (Lipinski definition) is 0. The fourth-order valence-electron chi connectivity index (χ4n) is 2.51. The number of carbonyl (C=O) groups is 1. The van der Waals surface area contributed by atoms with Crippen LogP contribution in [0.4, 0.5) is 5.69 Å². The predicted molar refractivity (Wildman–Crippen MR) is 87.5 cm³/mol. The van der Waals surface area contributed by atoms with Gasteiger partial charge >= 0.3 is 0 Å². The number of carbonyl (C=O) groups excluding carboxylic acids is 1. The Morgan fingerprint density at radius 2 is 1.81 bits per heavy atom.